The van der Waals surface area contributed by atoms with Gasteiger partial charge in [0.15, 0.2) is 0 Å². The molecule has 0 saturated carbocycles. The van der Waals surface area contributed by atoms with Crippen molar-refractivity contribution in [3.05, 3.63) is 40.6 Å². The Bertz CT molecular complexity index is 710. The van der Waals surface area contributed by atoms with Crippen molar-refractivity contribution in [3.8, 4) is 0 Å². The van der Waals surface area contributed by atoms with Gasteiger partial charge in [0.2, 0.25) is 11.7 Å². The number of H-pyrrole nitrogens is 1. The second-order valence-electron chi connectivity index (χ2n) is 5.68. The molecule has 0 spiro atoms. The van der Waals surface area contributed by atoms with Gasteiger partial charge in [-0.3, -0.25) is 10.1 Å². The summed E-state index contributed by atoms with van der Waals surface area (Å²) in [6, 6.07) is 4.33. The number of carbonyl (C=O) groups is 1. The lowest BCUT2D eigenvalue weighted by Gasteiger charge is -2.10. The number of nitrogens with one attached hydrogen (secondary N) is 3. The SMILES string of the molecule is CCC(=O)Nc1c[nH+]c(NCc2c(C)cc(C)cc2C)nc1N.[Cl-]. The summed E-state index contributed by atoms with van der Waals surface area (Å²) in [6.45, 7) is 8.74. The van der Waals surface area contributed by atoms with Gasteiger partial charge in [0.25, 0.3) is 0 Å². The van der Waals surface area contributed by atoms with E-state index in [4.69, 9.17) is 5.73 Å². The van der Waals surface area contributed by atoms with Crippen LogP contribution in [0.25, 0.3) is 0 Å². The van der Waals surface area contributed by atoms with Crippen LogP contribution >= 0.6 is 0 Å². The van der Waals surface area contributed by atoms with Crippen LogP contribution in [-0.2, 0) is 11.3 Å². The fourth-order valence-corrected chi connectivity index (χ4v) is 2.52. The maximum atomic E-state index is 11.4. The number of rotatable bonds is 5. The largest absolute Gasteiger partial charge is 1.00 e. The molecule has 0 aliphatic rings. The quantitative estimate of drug-likeness (QED) is 0.670. The minimum atomic E-state index is -0.0986. The fourth-order valence-electron chi connectivity index (χ4n) is 2.52. The number of hydrogen-bond donors (Lipinski definition) is 3. The monoisotopic (exact) mass is 349 g/mol. The first-order chi connectivity index (χ1) is 10.9. The van der Waals surface area contributed by atoms with Crippen molar-refractivity contribution in [1.29, 1.82) is 0 Å². The van der Waals surface area contributed by atoms with Crippen LogP contribution in [0.3, 0.4) is 0 Å². The lowest BCUT2D eigenvalue weighted by atomic mass is 10.00. The highest BCUT2D eigenvalue weighted by Crippen LogP contribution is 2.18. The van der Waals surface area contributed by atoms with Crippen LogP contribution in [0.1, 0.15) is 35.6 Å². The van der Waals surface area contributed by atoms with Gasteiger partial charge in [-0.15, -0.1) is 0 Å². The molecule has 6 nitrogen and oxygen atoms in total. The smallest absolute Gasteiger partial charge is 0.391 e. The number of amides is 1. The number of halogens is 1. The molecule has 0 aliphatic heterocycles. The zero-order valence-electron chi connectivity index (χ0n) is 14.5. The first kappa shape index (κ1) is 19.7. The summed E-state index contributed by atoms with van der Waals surface area (Å²) in [5, 5.41) is 5.94. The maximum Gasteiger partial charge on any atom is 0.391 e. The van der Waals surface area contributed by atoms with Crippen LogP contribution < -0.4 is 33.8 Å². The number of aromatic amines is 1. The Morgan fingerprint density at radius 3 is 2.42 bits per heavy atom. The maximum absolute atomic E-state index is 11.4. The summed E-state index contributed by atoms with van der Waals surface area (Å²) in [7, 11) is 0. The van der Waals surface area contributed by atoms with Crippen LogP contribution in [0.15, 0.2) is 18.3 Å². The molecular weight excluding hydrogens is 326 g/mol. The summed E-state index contributed by atoms with van der Waals surface area (Å²) in [5.74, 6) is 0.750. The van der Waals surface area contributed by atoms with E-state index in [9.17, 15) is 4.79 Å². The number of nitrogens with zero attached hydrogens (tertiary/aromatic N) is 1. The third-order valence-corrected chi connectivity index (χ3v) is 3.73. The van der Waals surface area contributed by atoms with Gasteiger partial charge in [-0.2, -0.15) is 0 Å². The first-order valence-corrected chi connectivity index (χ1v) is 7.69. The lowest BCUT2D eigenvalue weighted by Crippen LogP contribution is -3.00. The van der Waals surface area contributed by atoms with Crippen LogP contribution in [0.2, 0.25) is 0 Å². The molecule has 2 aromatic rings. The van der Waals surface area contributed by atoms with Crippen LogP contribution in [0, 0.1) is 20.8 Å². The average molecular weight is 350 g/mol. The molecule has 0 radical (unpaired) electrons. The molecule has 130 valence electrons. The van der Waals surface area contributed by atoms with Crippen molar-refractivity contribution in [2.24, 2.45) is 0 Å². The number of benzene rings is 1. The molecule has 1 aromatic carbocycles. The molecule has 5 N–H and O–H groups in total. The third kappa shape index (κ3) is 4.83. The molecule has 7 heteroatoms. The highest BCUT2D eigenvalue weighted by molar-refractivity contribution is 5.92. The number of nitrogen functional groups attached to an aromatic ring is 1. The molecule has 0 bridgehead atoms. The van der Waals surface area contributed by atoms with Crippen molar-refractivity contribution in [1.82, 2.24) is 4.98 Å². The van der Waals surface area contributed by atoms with Gasteiger partial charge in [-0.1, -0.05) is 29.6 Å². The van der Waals surface area contributed by atoms with Gasteiger partial charge in [0, 0.05) is 6.42 Å². The number of aromatic nitrogens is 2. The van der Waals surface area contributed by atoms with E-state index in [1.807, 2.05) is 0 Å². The Morgan fingerprint density at radius 2 is 1.88 bits per heavy atom. The first-order valence-electron chi connectivity index (χ1n) is 7.69. The Hall–Kier alpha value is -2.34. The summed E-state index contributed by atoms with van der Waals surface area (Å²) >= 11 is 0. The van der Waals surface area contributed by atoms with Crippen molar-refractivity contribution in [2.45, 2.75) is 40.7 Å². The molecule has 0 fully saturated rings. The normalized spacial score (nSPS) is 10.0. The van der Waals surface area contributed by atoms with E-state index in [1.54, 1.807) is 13.1 Å². The molecule has 1 amide bonds. The van der Waals surface area contributed by atoms with Crippen molar-refractivity contribution in [3.63, 3.8) is 0 Å². The molecular formula is C17H24ClN5O. The number of anilines is 3. The second-order valence-corrected chi connectivity index (χ2v) is 5.68. The lowest BCUT2D eigenvalue weighted by molar-refractivity contribution is -0.364. The van der Waals surface area contributed by atoms with Crippen LogP contribution in [0.5, 0.6) is 0 Å². The standard InChI is InChI=1S/C17H23N5O.ClH/c1-5-15(23)21-14-9-20-17(22-16(14)18)19-8-13-11(3)6-10(2)7-12(13)4;/h6-7,9H,5,8H2,1-4H3,(H,21,23)(H3,18,19,20,22);1H. The second kappa shape index (κ2) is 8.49. The van der Waals surface area contributed by atoms with E-state index in [-0.39, 0.29) is 24.1 Å². The predicted octanol–water partition coefficient (Wildman–Crippen LogP) is -0.632. The summed E-state index contributed by atoms with van der Waals surface area (Å²) in [6.07, 6.45) is 2.04. The molecule has 0 atom stereocenters. The van der Waals surface area contributed by atoms with Gasteiger partial charge >= 0.3 is 5.95 Å². The molecule has 1 heterocycles. The van der Waals surface area contributed by atoms with E-state index in [1.165, 1.54) is 22.3 Å². The molecule has 0 unspecified atom stereocenters. The summed E-state index contributed by atoms with van der Waals surface area (Å²) < 4.78 is 0. The van der Waals surface area contributed by atoms with Gasteiger partial charge in [-0.25, -0.2) is 4.98 Å². The minimum Gasteiger partial charge on any atom is -1.00 e. The van der Waals surface area contributed by atoms with Gasteiger partial charge in [-0.05, 0) is 37.5 Å². The molecule has 1 aromatic heterocycles. The topological polar surface area (TPSA) is 94.2 Å². The predicted molar refractivity (Wildman–Crippen MR) is 92.1 cm³/mol. The Labute approximate surface area is 148 Å². The summed E-state index contributed by atoms with van der Waals surface area (Å²) in [5.41, 5.74) is 11.4. The van der Waals surface area contributed by atoms with E-state index in [0.29, 0.717) is 24.6 Å². The van der Waals surface area contributed by atoms with Crippen LogP contribution in [-0.4, -0.2) is 10.9 Å². The average Bonchev–Trinajstić information content (AvgIpc) is 2.48. The van der Waals surface area contributed by atoms with Gasteiger partial charge < -0.3 is 23.5 Å². The van der Waals surface area contributed by atoms with Crippen LogP contribution in [0.4, 0.5) is 17.5 Å². The highest BCUT2D eigenvalue weighted by atomic mass is 35.5. The minimum absolute atomic E-state index is 0. The van der Waals surface area contributed by atoms with E-state index < -0.39 is 0 Å². The third-order valence-electron chi connectivity index (χ3n) is 3.73. The highest BCUT2D eigenvalue weighted by Gasteiger charge is 2.13. The van der Waals surface area contributed by atoms with E-state index in [2.05, 4.69) is 53.5 Å². The molecule has 0 aliphatic carbocycles. The molecule has 0 saturated heterocycles. The Kier molecular flexibility index (Phi) is 6.97. The zero-order chi connectivity index (χ0) is 17.0. The van der Waals surface area contributed by atoms with Crippen molar-refractivity contribution in [2.75, 3.05) is 16.4 Å². The number of nitrogens with two attached hydrogens (primary N) is 1. The molecule has 2 rings (SSSR count). The Morgan fingerprint density at radius 1 is 1.25 bits per heavy atom. The van der Waals surface area contributed by atoms with E-state index in [0.717, 1.165) is 0 Å². The van der Waals surface area contributed by atoms with E-state index >= 15 is 0 Å². The Balaban J connectivity index is 0.00000288. The van der Waals surface area contributed by atoms with Gasteiger partial charge in [0.05, 0.1) is 12.7 Å². The molecule has 24 heavy (non-hydrogen) atoms. The van der Waals surface area contributed by atoms with Crippen molar-refractivity contribution < 1.29 is 22.2 Å². The number of carbonyl (C=O) groups excluding carboxylic acids is 1. The zero-order valence-corrected chi connectivity index (χ0v) is 15.2. The van der Waals surface area contributed by atoms with Gasteiger partial charge in [0.1, 0.15) is 5.69 Å². The fraction of sp³-hybridized carbons (Fsp3) is 0.353. The summed E-state index contributed by atoms with van der Waals surface area (Å²) in [4.78, 5) is 18.7. The van der Waals surface area contributed by atoms with Crippen molar-refractivity contribution >= 4 is 23.4 Å². The number of hydrogen-bond acceptors (Lipinski definition) is 4. The number of aryl methyl sites for hydroxylation is 3.